The van der Waals surface area contributed by atoms with E-state index in [0.29, 0.717) is 5.92 Å². The largest absolute Gasteiger partial charge is 0.337 e. The lowest BCUT2D eigenvalue weighted by Gasteiger charge is -2.12. The van der Waals surface area contributed by atoms with E-state index in [1.54, 1.807) is 0 Å². The molecule has 0 bridgehead atoms. The lowest BCUT2D eigenvalue weighted by atomic mass is 10.1. The normalized spacial score (nSPS) is 11.1. The summed E-state index contributed by atoms with van der Waals surface area (Å²) in [5.74, 6) is 0.479. The summed E-state index contributed by atoms with van der Waals surface area (Å²) >= 11 is 5.34. The van der Waals surface area contributed by atoms with Crippen LogP contribution in [0.1, 0.15) is 36.6 Å². The van der Waals surface area contributed by atoms with Crippen LogP contribution in [0.2, 0.25) is 0 Å². The highest BCUT2D eigenvalue weighted by atomic mass is 32.1. The summed E-state index contributed by atoms with van der Waals surface area (Å²) in [6.07, 6.45) is 2.02. The molecule has 0 saturated carbocycles. The van der Waals surface area contributed by atoms with Crippen LogP contribution >= 0.6 is 12.2 Å². The molecule has 1 aromatic heterocycles. The third kappa shape index (κ3) is 2.50. The van der Waals surface area contributed by atoms with Crippen LogP contribution in [0, 0.1) is 11.7 Å². The monoisotopic (exact) mass is 246 g/mol. The molecule has 0 saturated heterocycles. The van der Waals surface area contributed by atoms with Gasteiger partial charge in [0, 0.05) is 11.9 Å². The van der Waals surface area contributed by atoms with Crippen LogP contribution < -0.4 is 0 Å². The van der Waals surface area contributed by atoms with E-state index in [1.807, 2.05) is 6.20 Å². The molecule has 2 nitrogen and oxygen atoms in total. The van der Waals surface area contributed by atoms with Crippen LogP contribution in [0.5, 0.6) is 0 Å². The third-order valence-corrected chi connectivity index (χ3v) is 3.42. The lowest BCUT2D eigenvalue weighted by molar-refractivity contribution is 0.682. The predicted molar refractivity (Wildman–Crippen MR) is 74.0 cm³/mol. The molecule has 90 valence electrons. The second kappa shape index (κ2) is 4.88. The Labute approximate surface area is 107 Å². The number of hydrogen-bond acceptors (Lipinski definition) is 1. The molecule has 2 rings (SSSR count). The maximum absolute atomic E-state index is 5.34. The van der Waals surface area contributed by atoms with Crippen LogP contribution in [0.4, 0.5) is 0 Å². The van der Waals surface area contributed by atoms with E-state index in [1.165, 1.54) is 16.8 Å². The second-order valence-electron chi connectivity index (χ2n) is 4.69. The molecule has 1 heterocycles. The van der Waals surface area contributed by atoms with Gasteiger partial charge in [0.2, 0.25) is 0 Å². The van der Waals surface area contributed by atoms with Gasteiger partial charge in [0.25, 0.3) is 0 Å². The number of aromatic amines is 1. The summed E-state index contributed by atoms with van der Waals surface area (Å²) in [7, 11) is 0. The zero-order valence-electron chi connectivity index (χ0n) is 10.5. The van der Waals surface area contributed by atoms with E-state index >= 15 is 0 Å². The Morgan fingerprint density at radius 3 is 2.65 bits per heavy atom. The van der Waals surface area contributed by atoms with E-state index in [-0.39, 0.29) is 0 Å². The van der Waals surface area contributed by atoms with Crippen molar-refractivity contribution in [3.05, 3.63) is 52.1 Å². The Balaban J connectivity index is 2.40. The Morgan fingerprint density at radius 2 is 2.00 bits per heavy atom. The minimum absolute atomic E-state index is 0.479. The van der Waals surface area contributed by atoms with E-state index in [4.69, 9.17) is 12.2 Å². The average Bonchev–Trinajstić information content (AvgIpc) is 2.64. The lowest BCUT2D eigenvalue weighted by Crippen LogP contribution is -2.06. The van der Waals surface area contributed by atoms with Crippen molar-refractivity contribution in [3.8, 4) is 0 Å². The van der Waals surface area contributed by atoms with Gasteiger partial charge in [0.1, 0.15) is 0 Å². The highest BCUT2D eigenvalue weighted by Crippen LogP contribution is 2.17. The molecular weight excluding hydrogens is 228 g/mol. The van der Waals surface area contributed by atoms with E-state index < -0.39 is 0 Å². The summed E-state index contributed by atoms with van der Waals surface area (Å²) in [4.78, 5) is 3.14. The molecule has 0 fully saturated rings. The molecule has 0 aliphatic heterocycles. The Bertz CT molecular complexity index is 564. The third-order valence-electron chi connectivity index (χ3n) is 3.08. The molecular formula is C14H18N2S. The summed E-state index contributed by atoms with van der Waals surface area (Å²) in [5, 5.41) is 0. The quantitative estimate of drug-likeness (QED) is 0.811. The zero-order valence-corrected chi connectivity index (χ0v) is 11.3. The van der Waals surface area contributed by atoms with Crippen molar-refractivity contribution in [3.63, 3.8) is 0 Å². The number of imidazole rings is 1. The van der Waals surface area contributed by atoms with Crippen LogP contribution in [-0.2, 0) is 6.54 Å². The van der Waals surface area contributed by atoms with Gasteiger partial charge >= 0.3 is 0 Å². The number of nitrogens with zero attached hydrogens (tertiary/aromatic N) is 1. The van der Waals surface area contributed by atoms with Gasteiger partial charge in [-0.3, -0.25) is 0 Å². The standard InChI is InChI=1S/C14H18N2S/c1-10(2)13-8-15-14(17)16(13)9-12-7-5-4-6-11(12)3/h4-8,10H,9H2,1-3H3,(H,15,17). The molecule has 0 unspecified atom stereocenters. The van der Waals surface area contributed by atoms with E-state index in [9.17, 15) is 0 Å². The van der Waals surface area contributed by atoms with Crippen molar-refractivity contribution in [2.75, 3.05) is 0 Å². The minimum atomic E-state index is 0.479. The molecule has 2 aromatic rings. The van der Waals surface area contributed by atoms with Crippen LogP contribution in [0.15, 0.2) is 30.5 Å². The summed E-state index contributed by atoms with van der Waals surface area (Å²) < 4.78 is 2.99. The Morgan fingerprint density at radius 1 is 1.29 bits per heavy atom. The molecule has 1 aromatic carbocycles. The van der Waals surface area contributed by atoms with Crippen molar-refractivity contribution in [1.82, 2.24) is 9.55 Å². The van der Waals surface area contributed by atoms with Crippen LogP contribution in [0.3, 0.4) is 0 Å². The molecule has 1 N–H and O–H groups in total. The summed E-state index contributed by atoms with van der Waals surface area (Å²) in [6.45, 7) is 7.36. The van der Waals surface area contributed by atoms with Crippen LogP contribution in [0.25, 0.3) is 0 Å². The first-order valence-electron chi connectivity index (χ1n) is 5.92. The molecule has 0 amide bonds. The van der Waals surface area contributed by atoms with Crippen molar-refractivity contribution >= 4 is 12.2 Å². The first-order valence-corrected chi connectivity index (χ1v) is 6.33. The van der Waals surface area contributed by atoms with Gasteiger partial charge in [0.15, 0.2) is 4.77 Å². The van der Waals surface area contributed by atoms with Crippen molar-refractivity contribution in [2.45, 2.75) is 33.2 Å². The number of nitrogens with one attached hydrogen (secondary N) is 1. The molecule has 0 spiro atoms. The zero-order chi connectivity index (χ0) is 12.4. The molecule has 3 heteroatoms. The highest BCUT2D eigenvalue weighted by molar-refractivity contribution is 7.71. The first-order chi connectivity index (χ1) is 8.09. The van der Waals surface area contributed by atoms with Gasteiger partial charge in [0.05, 0.1) is 6.54 Å². The van der Waals surface area contributed by atoms with Gasteiger partial charge in [-0.15, -0.1) is 0 Å². The number of rotatable bonds is 3. The first kappa shape index (κ1) is 12.1. The SMILES string of the molecule is Cc1ccccc1Cn1c(C(C)C)c[nH]c1=S. The fourth-order valence-electron chi connectivity index (χ4n) is 2.01. The molecule has 0 aliphatic carbocycles. The van der Waals surface area contributed by atoms with E-state index in [0.717, 1.165) is 11.3 Å². The summed E-state index contributed by atoms with van der Waals surface area (Å²) in [6, 6.07) is 8.45. The second-order valence-corrected chi connectivity index (χ2v) is 5.07. The number of aryl methyl sites for hydroxylation is 1. The fourth-order valence-corrected chi connectivity index (χ4v) is 2.24. The summed E-state index contributed by atoms with van der Waals surface area (Å²) in [5.41, 5.74) is 3.90. The maximum Gasteiger partial charge on any atom is 0.177 e. The number of hydrogen-bond donors (Lipinski definition) is 1. The topological polar surface area (TPSA) is 20.7 Å². The minimum Gasteiger partial charge on any atom is -0.337 e. The number of H-pyrrole nitrogens is 1. The molecule has 0 aliphatic rings. The van der Waals surface area contributed by atoms with E-state index in [2.05, 4.69) is 54.6 Å². The average molecular weight is 246 g/mol. The van der Waals surface area contributed by atoms with Crippen LogP contribution in [-0.4, -0.2) is 9.55 Å². The van der Waals surface area contributed by atoms with Crippen molar-refractivity contribution in [1.29, 1.82) is 0 Å². The molecule has 0 radical (unpaired) electrons. The van der Waals surface area contributed by atoms with Gasteiger partial charge in [-0.2, -0.15) is 0 Å². The van der Waals surface area contributed by atoms with Crippen molar-refractivity contribution in [2.24, 2.45) is 0 Å². The molecule has 17 heavy (non-hydrogen) atoms. The number of benzene rings is 1. The maximum atomic E-state index is 5.34. The van der Waals surface area contributed by atoms with Gasteiger partial charge in [-0.25, -0.2) is 0 Å². The van der Waals surface area contributed by atoms with Gasteiger partial charge < -0.3 is 9.55 Å². The van der Waals surface area contributed by atoms with Gasteiger partial charge in [-0.1, -0.05) is 38.1 Å². The Kier molecular flexibility index (Phi) is 3.48. The predicted octanol–water partition coefficient (Wildman–Crippen LogP) is 4.03. The Hall–Kier alpha value is -1.35. The smallest absolute Gasteiger partial charge is 0.177 e. The van der Waals surface area contributed by atoms with Crippen molar-refractivity contribution < 1.29 is 0 Å². The van der Waals surface area contributed by atoms with Gasteiger partial charge in [-0.05, 0) is 36.2 Å². The number of aromatic nitrogens is 2. The fraction of sp³-hybridized carbons (Fsp3) is 0.357. The molecule has 0 atom stereocenters. The highest BCUT2D eigenvalue weighted by Gasteiger charge is 2.09.